The first kappa shape index (κ1) is 16.5. The van der Waals surface area contributed by atoms with Crippen molar-refractivity contribution in [3.8, 4) is 0 Å². The van der Waals surface area contributed by atoms with Gasteiger partial charge >= 0.3 is 6.03 Å². The van der Waals surface area contributed by atoms with Crippen molar-refractivity contribution < 1.29 is 9.90 Å². The molecule has 1 aromatic carbocycles. The van der Waals surface area contributed by atoms with Crippen molar-refractivity contribution in [2.75, 3.05) is 13.1 Å². The van der Waals surface area contributed by atoms with Crippen molar-refractivity contribution in [2.24, 2.45) is 0 Å². The fraction of sp³-hybridized carbons (Fsp3) is 0.562. The van der Waals surface area contributed by atoms with Gasteiger partial charge in [-0.2, -0.15) is 0 Å². The molecule has 0 aliphatic heterocycles. The van der Waals surface area contributed by atoms with Crippen molar-refractivity contribution in [3.05, 3.63) is 35.4 Å². The molecule has 1 rings (SSSR count). The molecule has 112 valence electrons. The van der Waals surface area contributed by atoms with Crippen LogP contribution in [0.25, 0.3) is 0 Å². The van der Waals surface area contributed by atoms with Crippen LogP contribution in [-0.4, -0.2) is 30.3 Å². The number of carbonyl (C=O) groups is 1. The van der Waals surface area contributed by atoms with Crippen molar-refractivity contribution >= 4 is 6.03 Å². The molecule has 0 fully saturated rings. The minimum absolute atomic E-state index is 0.223. The van der Waals surface area contributed by atoms with E-state index in [0.717, 1.165) is 6.42 Å². The van der Waals surface area contributed by atoms with Crippen LogP contribution < -0.4 is 10.6 Å². The predicted octanol–water partition coefficient (Wildman–Crippen LogP) is 2.56. The minimum Gasteiger partial charge on any atom is -0.391 e. The highest BCUT2D eigenvalue weighted by atomic mass is 16.3. The standard InChI is InChI=1S/C16H26N2O2/c1-4-6-15(19)11-18-16(20)17-10-13(3)14-8-5-7-12(2)9-14/h5,7-9,13,15,19H,4,6,10-11H2,1-3H3,(H2,17,18,20). The summed E-state index contributed by atoms with van der Waals surface area (Å²) in [5.41, 5.74) is 2.44. The molecule has 2 amide bonds. The fourth-order valence-electron chi connectivity index (χ4n) is 2.05. The van der Waals surface area contributed by atoms with E-state index in [4.69, 9.17) is 0 Å². The lowest BCUT2D eigenvalue weighted by atomic mass is 9.99. The second-order valence-electron chi connectivity index (χ2n) is 5.35. The maximum Gasteiger partial charge on any atom is 0.314 e. The number of carbonyl (C=O) groups excluding carboxylic acids is 1. The van der Waals surface area contributed by atoms with Crippen molar-refractivity contribution in [3.63, 3.8) is 0 Å². The first-order valence-electron chi connectivity index (χ1n) is 7.29. The molecule has 2 unspecified atom stereocenters. The zero-order valence-electron chi connectivity index (χ0n) is 12.6. The van der Waals surface area contributed by atoms with Crippen LogP contribution in [0.15, 0.2) is 24.3 Å². The summed E-state index contributed by atoms with van der Waals surface area (Å²) >= 11 is 0. The lowest BCUT2D eigenvalue weighted by molar-refractivity contribution is 0.160. The number of urea groups is 1. The van der Waals surface area contributed by atoms with Crippen LogP contribution in [0.4, 0.5) is 4.79 Å². The minimum atomic E-state index is -0.458. The third-order valence-electron chi connectivity index (χ3n) is 3.30. The second kappa shape index (κ2) is 8.59. The third-order valence-corrected chi connectivity index (χ3v) is 3.30. The van der Waals surface area contributed by atoms with Crippen molar-refractivity contribution in [2.45, 2.75) is 45.6 Å². The lowest BCUT2D eigenvalue weighted by Gasteiger charge is -2.15. The quantitative estimate of drug-likeness (QED) is 0.718. The first-order chi connectivity index (χ1) is 9.52. The molecule has 0 aromatic heterocycles. The van der Waals surface area contributed by atoms with Gasteiger partial charge in [-0.1, -0.05) is 50.1 Å². The largest absolute Gasteiger partial charge is 0.391 e. The smallest absolute Gasteiger partial charge is 0.314 e. The number of amides is 2. The summed E-state index contributed by atoms with van der Waals surface area (Å²) < 4.78 is 0. The van der Waals surface area contributed by atoms with E-state index in [-0.39, 0.29) is 11.9 Å². The Labute approximate surface area is 121 Å². The lowest BCUT2D eigenvalue weighted by Crippen LogP contribution is -2.41. The average Bonchev–Trinajstić information content (AvgIpc) is 2.43. The van der Waals surface area contributed by atoms with Gasteiger partial charge in [-0.05, 0) is 24.8 Å². The molecule has 20 heavy (non-hydrogen) atoms. The molecule has 0 radical (unpaired) electrons. The predicted molar refractivity (Wildman–Crippen MR) is 81.9 cm³/mol. The Kier molecular flexibility index (Phi) is 7.09. The SMILES string of the molecule is CCCC(O)CNC(=O)NCC(C)c1cccc(C)c1. The van der Waals surface area contributed by atoms with Gasteiger partial charge in [-0.15, -0.1) is 0 Å². The summed E-state index contributed by atoms with van der Waals surface area (Å²) in [4.78, 5) is 11.6. The van der Waals surface area contributed by atoms with E-state index in [1.807, 2.05) is 13.0 Å². The Morgan fingerprint density at radius 1 is 1.30 bits per heavy atom. The number of aryl methyl sites for hydroxylation is 1. The van der Waals surface area contributed by atoms with E-state index in [0.29, 0.717) is 19.5 Å². The summed E-state index contributed by atoms with van der Waals surface area (Å²) in [5.74, 6) is 0.265. The molecule has 0 heterocycles. The highest BCUT2D eigenvalue weighted by Gasteiger charge is 2.09. The fourth-order valence-corrected chi connectivity index (χ4v) is 2.05. The highest BCUT2D eigenvalue weighted by Crippen LogP contribution is 2.15. The number of nitrogens with one attached hydrogen (secondary N) is 2. The monoisotopic (exact) mass is 278 g/mol. The first-order valence-corrected chi connectivity index (χ1v) is 7.29. The topological polar surface area (TPSA) is 61.4 Å². The normalized spacial score (nSPS) is 13.6. The summed E-state index contributed by atoms with van der Waals surface area (Å²) in [6, 6.07) is 8.07. The van der Waals surface area contributed by atoms with Crippen molar-refractivity contribution in [1.29, 1.82) is 0 Å². The molecule has 0 saturated carbocycles. The van der Waals surface area contributed by atoms with E-state index >= 15 is 0 Å². The van der Waals surface area contributed by atoms with Crippen LogP contribution >= 0.6 is 0 Å². The maximum atomic E-state index is 11.6. The molecule has 0 spiro atoms. The molecule has 4 nitrogen and oxygen atoms in total. The van der Waals surface area contributed by atoms with Crippen molar-refractivity contribution in [1.82, 2.24) is 10.6 Å². The van der Waals surface area contributed by atoms with Crippen LogP contribution in [-0.2, 0) is 0 Å². The Balaban J connectivity index is 2.30. The number of hydrogen-bond acceptors (Lipinski definition) is 2. The van der Waals surface area contributed by atoms with Gasteiger partial charge in [0.15, 0.2) is 0 Å². The molecule has 0 saturated heterocycles. The molecule has 0 bridgehead atoms. The summed E-state index contributed by atoms with van der Waals surface area (Å²) in [5, 5.41) is 15.1. The number of aliphatic hydroxyl groups excluding tert-OH is 1. The van der Waals surface area contributed by atoms with Crippen LogP contribution in [0.2, 0.25) is 0 Å². The van der Waals surface area contributed by atoms with Gasteiger partial charge in [-0.3, -0.25) is 0 Å². The van der Waals surface area contributed by atoms with E-state index in [1.54, 1.807) is 0 Å². The summed E-state index contributed by atoms with van der Waals surface area (Å²) in [6.45, 7) is 7.04. The van der Waals surface area contributed by atoms with Crippen LogP contribution in [0.1, 0.15) is 43.7 Å². The zero-order valence-corrected chi connectivity index (χ0v) is 12.6. The van der Waals surface area contributed by atoms with Gasteiger partial charge in [0, 0.05) is 13.1 Å². The van der Waals surface area contributed by atoms with Crippen LogP contribution in [0, 0.1) is 6.92 Å². The van der Waals surface area contributed by atoms with Crippen LogP contribution in [0.5, 0.6) is 0 Å². The number of benzene rings is 1. The summed E-state index contributed by atoms with van der Waals surface area (Å²) in [7, 11) is 0. The molecular weight excluding hydrogens is 252 g/mol. The average molecular weight is 278 g/mol. The number of aliphatic hydroxyl groups is 1. The maximum absolute atomic E-state index is 11.6. The van der Waals surface area contributed by atoms with Gasteiger partial charge in [0.1, 0.15) is 0 Å². The third kappa shape index (κ3) is 6.06. The van der Waals surface area contributed by atoms with Crippen LogP contribution in [0.3, 0.4) is 0 Å². The van der Waals surface area contributed by atoms with Gasteiger partial charge < -0.3 is 15.7 Å². The number of rotatable bonds is 7. The Morgan fingerprint density at radius 2 is 2.00 bits per heavy atom. The van der Waals surface area contributed by atoms with Gasteiger partial charge in [0.25, 0.3) is 0 Å². The van der Waals surface area contributed by atoms with E-state index < -0.39 is 6.10 Å². The van der Waals surface area contributed by atoms with Gasteiger partial charge in [-0.25, -0.2) is 4.79 Å². The molecule has 3 N–H and O–H groups in total. The summed E-state index contributed by atoms with van der Waals surface area (Å²) in [6.07, 6.45) is 1.16. The van der Waals surface area contributed by atoms with Gasteiger partial charge in [0.2, 0.25) is 0 Å². The van der Waals surface area contributed by atoms with Gasteiger partial charge in [0.05, 0.1) is 6.10 Å². The molecular formula is C16H26N2O2. The molecule has 0 aliphatic carbocycles. The molecule has 1 aromatic rings. The highest BCUT2D eigenvalue weighted by molar-refractivity contribution is 5.73. The molecule has 2 atom stereocenters. The molecule has 0 aliphatic rings. The van der Waals surface area contributed by atoms with E-state index in [9.17, 15) is 9.90 Å². The Bertz CT molecular complexity index is 421. The number of hydrogen-bond donors (Lipinski definition) is 3. The second-order valence-corrected chi connectivity index (χ2v) is 5.35. The zero-order chi connectivity index (χ0) is 15.0. The Morgan fingerprint density at radius 3 is 2.65 bits per heavy atom. The Hall–Kier alpha value is -1.55. The van der Waals surface area contributed by atoms with E-state index in [2.05, 4.69) is 42.7 Å². The van der Waals surface area contributed by atoms with E-state index in [1.165, 1.54) is 11.1 Å². The molecule has 4 heteroatoms.